The van der Waals surface area contributed by atoms with Gasteiger partial charge < -0.3 is 10.2 Å². The third-order valence-electron chi connectivity index (χ3n) is 0.313. The van der Waals surface area contributed by atoms with E-state index in [-0.39, 0.29) is 18.6 Å². The zero-order valence-corrected chi connectivity index (χ0v) is 6.86. The van der Waals surface area contributed by atoms with Gasteiger partial charge in [0.15, 0.2) is 0 Å². The highest BCUT2D eigenvalue weighted by Gasteiger charge is 1.85. The first kappa shape index (κ1) is 12.2. The minimum Gasteiger partial charge on any atom is -0.394 e. The van der Waals surface area contributed by atoms with Crippen LogP contribution in [0.1, 0.15) is 6.92 Å². The van der Waals surface area contributed by atoms with Crippen molar-refractivity contribution in [2.24, 2.45) is 0 Å². The number of halogens is 2. The summed E-state index contributed by atoms with van der Waals surface area (Å²) in [6.45, 7) is 1.61. The standard InChI is InChI=1S/C3H6Cl2.C2H6O2/c1-3(5)2-4;3-1-2-4/h3H,2H2,1H3;3-4H,1-2H2. The normalized spacial score (nSPS) is 11.7. The van der Waals surface area contributed by atoms with Crippen LogP contribution < -0.4 is 0 Å². The van der Waals surface area contributed by atoms with Gasteiger partial charge in [-0.25, -0.2) is 0 Å². The van der Waals surface area contributed by atoms with E-state index >= 15 is 0 Å². The summed E-state index contributed by atoms with van der Waals surface area (Å²) >= 11 is 10.5. The molecular formula is C5H12Cl2O2. The fourth-order valence-electron chi connectivity index (χ4n) is 0. The molecule has 0 aliphatic carbocycles. The second kappa shape index (κ2) is 11.3. The highest BCUT2D eigenvalue weighted by atomic mass is 35.5. The molecule has 0 saturated carbocycles. The number of aliphatic hydroxyl groups is 2. The average Bonchev–Trinajstić information content (AvgIpc) is 1.89. The molecule has 0 aromatic heterocycles. The van der Waals surface area contributed by atoms with E-state index in [1.54, 1.807) is 0 Å². The molecule has 0 saturated heterocycles. The Bertz CT molecular complexity index is 39.9. The molecule has 58 valence electrons. The van der Waals surface area contributed by atoms with Crippen LogP contribution in [0.15, 0.2) is 0 Å². The van der Waals surface area contributed by atoms with Crippen molar-refractivity contribution in [3.63, 3.8) is 0 Å². The fourth-order valence-corrected chi connectivity index (χ4v) is 0. The summed E-state index contributed by atoms with van der Waals surface area (Å²) in [6, 6.07) is 0. The van der Waals surface area contributed by atoms with E-state index < -0.39 is 0 Å². The van der Waals surface area contributed by atoms with Crippen molar-refractivity contribution >= 4 is 23.2 Å². The van der Waals surface area contributed by atoms with E-state index in [4.69, 9.17) is 33.4 Å². The molecule has 0 heterocycles. The lowest BCUT2D eigenvalue weighted by molar-refractivity contribution is 0.186. The maximum Gasteiger partial charge on any atom is 0.0662 e. The van der Waals surface area contributed by atoms with Crippen LogP contribution in [0.25, 0.3) is 0 Å². The molecule has 0 spiro atoms. The van der Waals surface area contributed by atoms with Crippen molar-refractivity contribution in [3.05, 3.63) is 0 Å². The molecule has 2 nitrogen and oxygen atoms in total. The first-order valence-corrected chi connectivity index (χ1v) is 3.57. The summed E-state index contributed by atoms with van der Waals surface area (Å²) in [5.74, 6) is 0.543. The van der Waals surface area contributed by atoms with Gasteiger partial charge in [-0.05, 0) is 6.92 Å². The Morgan fingerprint density at radius 3 is 1.56 bits per heavy atom. The zero-order valence-electron chi connectivity index (χ0n) is 5.35. The smallest absolute Gasteiger partial charge is 0.0662 e. The van der Waals surface area contributed by atoms with Crippen molar-refractivity contribution in [2.45, 2.75) is 12.3 Å². The summed E-state index contributed by atoms with van der Waals surface area (Å²) in [5, 5.41) is 15.4. The van der Waals surface area contributed by atoms with E-state index in [1.165, 1.54) is 0 Å². The molecule has 0 aromatic rings. The first-order valence-electron chi connectivity index (χ1n) is 2.60. The van der Waals surface area contributed by atoms with Crippen LogP contribution in [0.5, 0.6) is 0 Å². The molecule has 0 radical (unpaired) electrons. The van der Waals surface area contributed by atoms with Crippen LogP contribution in [0.3, 0.4) is 0 Å². The third-order valence-corrected chi connectivity index (χ3v) is 1.09. The second-order valence-corrected chi connectivity index (χ2v) is 2.44. The molecule has 0 rings (SSSR count). The van der Waals surface area contributed by atoms with Gasteiger partial charge in [-0.2, -0.15) is 0 Å². The Labute approximate surface area is 65.4 Å². The maximum atomic E-state index is 7.62. The molecule has 1 atom stereocenters. The van der Waals surface area contributed by atoms with Crippen molar-refractivity contribution < 1.29 is 10.2 Å². The van der Waals surface area contributed by atoms with E-state index in [1.807, 2.05) is 6.92 Å². The highest BCUT2D eigenvalue weighted by molar-refractivity contribution is 6.27. The number of hydrogen-bond acceptors (Lipinski definition) is 2. The molecule has 0 amide bonds. The van der Waals surface area contributed by atoms with Crippen LogP contribution in [-0.2, 0) is 0 Å². The monoisotopic (exact) mass is 174 g/mol. The van der Waals surface area contributed by atoms with Gasteiger partial charge in [0.2, 0.25) is 0 Å². The first-order chi connectivity index (χ1) is 4.18. The van der Waals surface area contributed by atoms with E-state index in [0.717, 1.165) is 0 Å². The number of alkyl halides is 2. The Kier molecular flexibility index (Phi) is 15.3. The highest BCUT2D eigenvalue weighted by Crippen LogP contribution is 1.93. The minimum absolute atomic E-state index is 0.122. The summed E-state index contributed by atoms with van der Waals surface area (Å²) in [4.78, 5) is 0. The molecule has 0 aliphatic heterocycles. The van der Waals surface area contributed by atoms with Crippen molar-refractivity contribution in [2.75, 3.05) is 19.1 Å². The van der Waals surface area contributed by atoms with Crippen LogP contribution in [0, 0.1) is 0 Å². The van der Waals surface area contributed by atoms with Gasteiger partial charge >= 0.3 is 0 Å². The van der Waals surface area contributed by atoms with Gasteiger partial charge in [0.25, 0.3) is 0 Å². The van der Waals surface area contributed by atoms with Gasteiger partial charge in [0, 0.05) is 11.3 Å². The lowest BCUT2D eigenvalue weighted by Crippen LogP contribution is -1.87. The second-order valence-electron chi connectivity index (χ2n) is 1.38. The zero-order chi connectivity index (χ0) is 7.70. The lowest BCUT2D eigenvalue weighted by Gasteiger charge is -1.85. The van der Waals surface area contributed by atoms with Crippen molar-refractivity contribution in [1.29, 1.82) is 0 Å². The number of hydrogen-bond donors (Lipinski definition) is 2. The molecular weight excluding hydrogens is 163 g/mol. The predicted octanol–water partition coefficient (Wildman–Crippen LogP) is 0.823. The van der Waals surface area contributed by atoms with Crippen LogP contribution >= 0.6 is 23.2 Å². The molecule has 9 heavy (non-hydrogen) atoms. The topological polar surface area (TPSA) is 40.5 Å². The molecule has 4 heteroatoms. The SMILES string of the molecule is CC(Cl)CCl.OCCO. The van der Waals surface area contributed by atoms with Gasteiger partial charge in [-0.3, -0.25) is 0 Å². The van der Waals surface area contributed by atoms with Gasteiger partial charge in [-0.1, -0.05) is 0 Å². The number of rotatable bonds is 2. The van der Waals surface area contributed by atoms with E-state index in [9.17, 15) is 0 Å². The summed E-state index contributed by atoms with van der Waals surface area (Å²) in [5.41, 5.74) is 0. The van der Waals surface area contributed by atoms with Crippen LogP contribution in [-0.4, -0.2) is 34.7 Å². The molecule has 1 unspecified atom stereocenters. The van der Waals surface area contributed by atoms with Crippen molar-refractivity contribution in [3.8, 4) is 0 Å². The van der Waals surface area contributed by atoms with Crippen LogP contribution in [0.2, 0.25) is 0 Å². The third kappa shape index (κ3) is 29.3. The van der Waals surface area contributed by atoms with E-state index in [0.29, 0.717) is 5.88 Å². The van der Waals surface area contributed by atoms with Gasteiger partial charge in [0.1, 0.15) is 0 Å². The molecule has 0 fully saturated rings. The van der Waals surface area contributed by atoms with Gasteiger partial charge in [0.05, 0.1) is 13.2 Å². The van der Waals surface area contributed by atoms with Gasteiger partial charge in [-0.15, -0.1) is 23.2 Å². The molecule has 2 N–H and O–H groups in total. The molecule has 0 bridgehead atoms. The summed E-state index contributed by atoms with van der Waals surface area (Å²) in [7, 11) is 0. The predicted molar refractivity (Wildman–Crippen MR) is 40.2 cm³/mol. The Morgan fingerprint density at radius 2 is 1.56 bits per heavy atom. The molecule has 0 aliphatic rings. The quantitative estimate of drug-likeness (QED) is 0.610. The molecule has 0 aromatic carbocycles. The Morgan fingerprint density at radius 1 is 1.33 bits per heavy atom. The van der Waals surface area contributed by atoms with E-state index in [2.05, 4.69) is 0 Å². The van der Waals surface area contributed by atoms with Crippen molar-refractivity contribution in [1.82, 2.24) is 0 Å². The maximum absolute atomic E-state index is 7.62. The Hall–Kier alpha value is 0.500. The summed E-state index contributed by atoms with van der Waals surface area (Å²) in [6.07, 6.45) is 0. The van der Waals surface area contributed by atoms with Crippen LogP contribution in [0.4, 0.5) is 0 Å². The minimum atomic E-state index is -0.125. The average molecular weight is 175 g/mol. The summed E-state index contributed by atoms with van der Waals surface area (Å²) < 4.78 is 0. The largest absolute Gasteiger partial charge is 0.394 e. The lowest BCUT2D eigenvalue weighted by atomic mass is 10.6. The number of aliphatic hydroxyl groups excluding tert-OH is 2. The fraction of sp³-hybridized carbons (Fsp3) is 1.00. The Balaban J connectivity index is 0.